The van der Waals surface area contributed by atoms with Gasteiger partial charge in [-0.2, -0.15) is 0 Å². The van der Waals surface area contributed by atoms with Gasteiger partial charge in [0.2, 0.25) is 6.79 Å². The van der Waals surface area contributed by atoms with Crippen LogP contribution in [0.15, 0.2) is 18.2 Å². The molecule has 1 saturated carbocycles. The zero-order chi connectivity index (χ0) is 12.5. The Balaban J connectivity index is 1.82. The van der Waals surface area contributed by atoms with Crippen molar-refractivity contribution in [2.45, 2.75) is 18.9 Å². The first-order chi connectivity index (χ1) is 8.79. The molecule has 1 aliphatic carbocycles. The number of benzene rings is 1. The normalized spacial score (nSPS) is 16.7. The van der Waals surface area contributed by atoms with Crippen LogP contribution in [0.4, 0.5) is 0 Å². The monoisotopic (exact) mass is 311 g/mol. The lowest BCUT2D eigenvalue weighted by molar-refractivity contribution is 0.0754. The molecular weight excluding hydrogens is 298 g/mol. The Kier molecular flexibility index (Phi) is 3.16. The zero-order valence-corrected chi connectivity index (χ0v) is 11.5. The number of rotatable bonds is 4. The van der Waals surface area contributed by atoms with Crippen molar-refractivity contribution < 1.29 is 14.3 Å². The van der Waals surface area contributed by atoms with Crippen LogP contribution in [0.3, 0.4) is 0 Å². The van der Waals surface area contributed by atoms with Crippen LogP contribution >= 0.6 is 15.9 Å². The van der Waals surface area contributed by atoms with E-state index in [4.69, 9.17) is 9.47 Å². The highest BCUT2D eigenvalue weighted by atomic mass is 79.9. The number of carbonyl (C=O) groups is 1. The predicted molar refractivity (Wildman–Crippen MR) is 70.4 cm³/mol. The summed E-state index contributed by atoms with van der Waals surface area (Å²) in [4.78, 5) is 14.4. The molecule has 0 unspecified atom stereocenters. The van der Waals surface area contributed by atoms with Gasteiger partial charge in [-0.05, 0) is 31.0 Å². The molecule has 18 heavy (non-hydrogen) atoms. The smallest absolute Gasteiger partial charge is 0.254 e. The average Bonchev–Trinajstić information content (AvgIpc) is 3.12. The molecule has 0 atom stereocenters. The largest absolute Gasteiger partial charge is 0.454 e. The number of alkyl halides is 1. The predicted octanol–water partition coefficient (Wildman–Crippen LogP) is 2.41. The second-order valence-electron chi connectivity index (χ2n) is 4.49. The highest BCUT2D eigenvalue weighted by Crippen LogP contribution is 2.34. The number of ether oxygens (including phenoxy) is 2. The second-order valence-corrected chi connectivity index (χ2v) is 5.28. The first-order valence-corrected chi connectivity index (χ1v) is 7.18. The van der Waals surface area contributed by atoms with Crippen molar-refractivity contribution >= 4 is 21.8 Å². The number of hydrogen-bond acceptors (Lipinski definition) is 3. The molecule has 96 valence electrons. The van der Waals surface area contributed by atoms with Crippen LogP contribution in [0.2, 0.25) is 0 Å². The van der Waals surface area contributed by atoms with Crippen molar-refractivity contribution in [3.63, 3.8) is 0 Å². The highest BCUT2D eigenvalue weighted by Gasteiger charge is 2.33. The van der Waals surface area contributed by atoms with Gasteiger partial charge in [-0.1, -0.05) is 15.9 Å². The fraction of sp³-hybridized carbons (Fsp3) is 0.462. The summed E-state index contributed by atoms with van der Waals surface area (Å²) in [6.07, 6.45) is 2.23. The van der Waals surface area contributed by atoms with Crippen molar-refractivity contribution in [2.75, 3.05) is 18.7 Å². The first kappa shape index (κ1) is 11.8. The summed E-state index contributed by atoms with van der Waals surface area (Å²) >= 11 is 3.40. The molecule has 1 aromatic rings. The van der Waals surface area contributed by atoms with Gasteiger partial charge < -0.3 is 14.4 Å². The van der Waals surface area contributed by atoms with E-state index in [2.05, 4.69) is 15.9 Å². The standard InChI is InChI=1S/C13H14BrNO3/c14-5-6-15(10-2-3-10)13(16)9-1-4-11-12(7-9)18-8-17-11/h1,4,7,10H,2-3,5-6,8H2. The van der Waals surface area contributed by atoms with E-state index < -0.39 is 0 Å². The van der Waals surface area contributed by atoms with E-state index in [1.165, 1.54) is 0 Å². The Morgan fingerprint density at radius 3 is 2.83 bits per heavy atom. The molecule has 0 bridgehead atoms. The maximum Gasteiger partial charge on any atom is 0.254 e. The van der Waals surface area contributed by atoms with Crippen molar-refractivity contribution in [1.29, 1.82) is 0 Å². The van der Waals surface area contributed by atoms with E-state index in [-0.39, 0.29) is 12.7 Å². The van der Waals surface area contributed by atoms with Gasteiger partial charge in [0.25, 0.3) is 5.91 Å². The fourth-order valence-corrected chi connectivity index (χ4v) is 2.50. The molecule has 3 rings (SSSR count). The Hall–Kier alpha value is -1.23. The van der Waals surface area contributed by atoms with Crippen molar-refractivity contribution in [3.8, 4) is 11.5 Å². The lowest BCUT2D eigenvalue weighted by atomic mass is 10.1. The molecule has 1 fully saturated rings. The molecule has 0 aromatic heterocycles. The van der Waals surface area contributed by atoms with Crippen molar-refractivity contribution in [2.24, 2.45) is 0 Å². The van der Waals surface area contributed by atoms with Gasteiger partial charge in [-0.15, -0.1) is 0 Å². The summed E-state index contributed by atoms with van der Waals surface area (Å²) in [5.74, 6) is 1.45. The maximum absolute atomic E-state index is 12.4. The van der Waals surface area contributed by atoms with Crippen molar-refractivity contribution in [3.05, 3.63) is 23.8 Å². The molecule has 0 saturated heterocycles. The van der Waals surface area contributed by atoms with Crippen LogP contribution in [0, 0.1) is 0 Å². The Labute approximate surface area is 114 Å². The minimum absolute atomic E-state index is 0.0789. The molecule has 5 heteroatoms. The lowest BCUT2D eigenvalue weighted by Gasteiger charge is -2.21. The quantitative estimate of drug-likeness (QED) is 0.802. The first-order valence-electron chi connectivity index (χ1n) is 6.06. The highest BCUT2D eigenvalue weighted by molar-refractivity contribution is 9.09. The van der Waals surface area contributed by atoms with Crippen LogP contribution < -0.4 is 9.47 Å². The second kappa shape index (κ2) is 4.80. The van der Waals surface area contributed by atoms with Gasteiger partial charge in [-0.3, -0.25) is 4.79 Å². The lowest BCUT2D eigenvalue weighted by Crippen LogP contribution is -2.34. The molecule has 0 radical (unpaired) electrons. The summed E-state index contributed by atoms with van der Waals surface area (Å²) in [6.45, 7) is 0.985. The summed E-state index contributed by atoms with van der Waals surface area (Å²) in [5.41, 5.74) is 0.673. The van der Waals surface area contributed by atoms with E-state index in [9.17, 15) is 4.79 Å². The summed E-state index contributed by atoms with van der Waals surface area (Å²) in [6, 6.07) is 5.79. The maximum atomic E-state index is 12.4. The van der Waals surface area contributed by atoms with E-state index in [0.29, 0.717) is 23.1 Å². The van der Waals surface area contributed by atoms with Gasteiger partial charge in [0.15, 0.2) is 11.5 Å². The third-order valence-corrected chi connectivity index (χ3v) is 3.55. The molecule has 4 nitrogen and oxygen atoms in total. The van der Waals surface area contributed by atoms with Gasteiger partial charge in [-0.25, -0.2) is 0 Å². The molecular formula is C13H14BrNO3. The third kappa shape index (κ3) is 2.19. The molecule has 0 N–H and O–H groups in total. The fourth-order valence-electron chi connectivity index (χ4n) is 2.12. The third-order valence-electron chi connectivity index (χ3n) is 3.19. The molecule has 2 aliphatic rings. The molecule has 0 spiro atoms. The van der Waals surface area contributed by atoms with Crippen LogP contribution in [0.25, 0.3) is 0 Å². The Morgan fingerprint density at radius 2 is 2.11 bits per heavy atom. The number of hydrogen-bond donors (Lipinski definition) is 0. The molecule has 1 amide bonds. The van der Waals surface area contributed by atoms with Crippen LogP contribution in [0.1, 0.15) is 23.2 Å². The number of halogens is 1. The summed E-state index contributed by atoms with van der Waals surface area (Å²) in [5, 5.41) is 0.805. The SMILES string of the molecule is O=C(c1ccc2c(c1)OCO2)N(CCBr)C1CC1. The number of fused-ring (bicyclic) bond motifs is 1. The van der Waals surface area contributed by atoms with E-state index >= 15 is 0 Å². The van der Waals surface area contributed by atoms with E-state index in [0.717, 1.165) is 24.7 Å². The Morgan fingerprint density at radius 1 is 1.33 bits per heavy atom. The summed E-state index contributed by atoms with van der Waals surface area (Å²) < 4.78 is 10.5. The van der Waals surface area contributed by atoms with Crippen LogP contribution in [-0.2, 0) is 0 Å². The van der Waals surface area contributed by atoms with Gasteiger partial charge in [0.1, 0.15) is 0 Å². The minimum Gasteiger partial charge on any atom is -0.454 e. The van der Waals surface area contributed by atoms with E-state index in [1.807, 2.05) is 4.90 Å². The van der Waals surface area contributed by atoms with Gasteiger partial charge in [0.05, 0.1) is 0 Å². The Bertz CT molecular complexity index is 473. The van der Waals surface area contributed by atoms with Crippen LogP contribution in [-0.4, -0.2) is 35.5 Å². The van der Waals surface area contributed by atoms with E-state index in [1.54, 1.807) is 18.2 Å². The number of amides is 1. The average molecular weight is 312 g/mol. The van der Waals surface area contributed by atoms with Crippen LogP contribution in [0.5, 0.6) is 11.5 Å². The number of nitrogens with zero attached hydrogens (tertiary/aromatic N) is 1. The van der Waals surface area contributed by atoms with Gasteiger partial charge in [0, 0.05) is 23.5 Å². The molecule has 1 heterocycles. The number of carbonyl (C=O) groups excluding carboxylic acids is 1. The molecule has 1 aromatic carbocycles. The summed E-state index contributed by atoms with van der Waals surface area (Å²) in [7, 11) is 0. The topological polar surface area (TPSA) is 38.8 Å². The zero-order valence-electron chi connectivity index (χ0n) is 9.89. The van der Waals surface area contributed by atoms with Gasteiger partial charge >= 0.3 is 0 Å². The molecule has 1 aliphatic heterocycles. The van der Waals surface area contributed by atoms with Crippen molar-refractivity contribution in [1.82, 2.24) is 4.90 Å². The minimum atomic E-state index is 0.0789.